The maximum absolute atomic E-state index is 12.5. The van der Waals surface area contributed by atoms with Crippen molar-refractivity contribution in [2.75, 3.05) is 13.1 Å². The molecule has 0 atom stereocenters. The van der Waals surface area contributed by atoms with Gasteiger partial charge in [0, 0.05) is 17.0 Å². The van der Waals surface area contributed by atoms with Crippen molar-refractivity contribution < 1.29 is 14.7 Å². The van der Waals surface area contributed by atoms with E-state index in [1.165, 1.54) is 29.7 Å². The van der Waals surface area contributed by atoms with Gasteiger partial charge in [0.1, 0.15) is 0 Å². The van der Waals surface area contributed by atoms with Crippen LogP contribution in [0.1, 0.15) is 59.1 Å². The van der Waals surface area contributed by atoms with E-state index in [-0.39, 0.29) is 24.5 Å². The van der Waals surface area contributed by atoms with E-state index < -0.39 is 5.97 Å². The molecule has 2 aliphatic carbocycles. The highest BCUT2D eigenvalue weighted by Gasteiger charge is 2.35. The Bertz CT molecular complexity index is 584. The minimum absolute atomic E-state index is 0.0396. The predicted molar refractivity (Wildman–Crippen MR) is 94.7 cm³/mol. The van der Waals surface area contributed by atoms with Gasteiger partial charge in [0.25, 0.3) is 5.91 Å². The Morgan fingerprint density at radius 3 is 2.75 bits per heavy atom. The minimum Gasteiger partial charge on any atom is -0.480 e. The zero-order chi connectivity index (χ0) is 17.1. The number of nitrogens with zero attached hydrogens (tertiary/aromatic N) is 1. The van der Waals surface area contributed by atoms with Crippen molar-refractivity contribution >= 4 is 23.2 Å². The summed E-state index contributed by atoms with van der Waals surface area (Å²) in [6.45, 7) is 2.79. The SMILES string of the molecule is CCN(CC(=O)O)C1CC(NC(=O)c2cc3c(s2)CCCCC3)C1. The van der Waals surface area contributed by atoms with Crippen LogP contribution in [0, 0.1) is 0 Å². The minimum atomic E-state index is -0.788. The molecular weight excluding hydrogens is 324 g/mol. The summed E-state index contributed by atoms with van der Waals surface area (Å²) in [5, 5.41) is 12.1. The van der Waals surface area contributed by atoms with Crippen LogP contribution in [0.25, 0.3) is 0 Å². The van der Waals surface area contributed by atoms with E-state index in [4.69, 9.17) is 5.11 Å². The first-order chi connectivity index (χ1) is 11.6. The molecule has 5 nitrogen and oxygen atoms in total. The molecule has 3 rings (SSSR count). The van der Waals surface area contributed by atoms with Crippen molar-refractivity contribution in [1.29, 1.82) is 0 Å². The lowest BCUT2D eigenvalue weighted by atomic mass is 9.85. The average Bonchev–Trinajstić information content (AvgIpc) is 2.79. The Hall–Kier alpha value is -1.40. The maximum atomic E-state index is 12.5. The number of fused-ring (bicyclic) bond motifs is 1. The molecule has 1 heterocycles. The molecule has 0 radical (unpaired) electrons. The fourth-order valence-electron chi connectivity index (χ4n) is 3.71. The monoisotopic (exact) mass is 350 g/mol. The normalized spacial score (nSPS) is 23.2. The van der Waals surface area contributed by atoms with Crippen molar-refractivity contribution in [2.45, 2.75) is 64.0 Å². The van der Waals surface area contributed by atoms with Gasteiger partial charge in [-0.1, -0.05) is 13.3 Å². The summed E-state index contributed by atoms with van der Waals surface area (Å²) in [5.41, 5.74) is 1.37. The predicted octanol–water partition coefficient (Wildman–Crippen LogP) is 2.68. The first-order valence-electron chi connectivity index (χ1n) is 8.95. The zero-order valence-corrected chi connectivity index (χ0v) is 15.0. The number of carbonyl (C=O) groups excluding carboxylic acids is 1. The van der Waals surface area contributed by atoms with Crippen LogP contribution in [-0.4, -0.2) is 47.1 Å². The van der Waals surface area contributed by atoms with E-state index >= 15 is 0 Å². The maximum Gasteiger partial charge on any atom is 0.317 e. The molecule has 1 amide bonds. The third-order valence-corrected chi connectivity index (χ3v) is 6.42. The Morgan fingerprint density at radius 2 is 2.04 bits per heavy atom. The smallest absolute Gasteiger partial charge is 0.317 e. The van der Waals surface area contributed by atoms with E-state index in [0.717, 1.165) is 37.1 Å². The summed E-state index contributed by atoms with van der Waals surface area (Å²) < 4.78 is 0. The van der Waals surface area contributed by atoms with Gasteiger partial charge in [-0.15, -0.1) is 11.3 Å². The molecule has 0 saturated heterocycles. The van der Waals surface area contributed by atoms with Crippen molar-refractivity contribution in [1.82, 2.24) is 10.2 Å². The van der Waals surface area contributed by atoms with Crippen LogP contribution in [0.2, 0.25) is 0 Å². The lowest BCUT2D eigenvalue weighted by Gasteiger charge is -2.42. The van der Waals surface area contributed by atoms with Crippen LogP contribution < -0.4 is 5.32 Å². The number of likely N-dealkylation sites (N-methyl/N-ethyl adjacent to an activating group) is 1. The molecular formula is C18H26N2O3S. The van der Waals surface area contributed by atoms with E-state index in [2.05, 4.69) is 11.4 Å². The molecule has 0 aromatic carbocycles. The van der Waals surface area contributed by atoms with Gasteiger partial charge < -0.3 is 10.4 Å². The van der Waals surface area contributed by atoms with Gasteiger partial charge in [0.15, 0.2) is 0 Å². The molecule has 2 aliphatic rings. The lowest BCUT2D eigenvalue weighted by molar-refractivity contribution is -0.139. The average molecular weight is 350 g/mol. The second-order valence-electron chi connectivity index (χ2n) is 6.87. The Labute approximate surface area is 147 Å². The quantitative estimate of drug-likeness (QED) is 0.774. The zero-order valence-electron chi connectivity index (χ0n) is 14.2. The van der Waals surface area contributed by atoms with Crippen LogP contribution in [0.4, 0.5) is 0 Å². The molecule has 132 valence electrons. The van der Waals surface area contributed by atoms with Crippen molar-refractivity contribution in [3.8, 4) is 0 Å². The first kappa shape index (κ1) is 17.4. The van der Waals surface area contributed by atoms with Gasteiger partial charge in [-0.3, -0.25) is 14.5 Å². The highest BCUT2D eigenvalue weighted by molar-refractivity contribution is 7.14. The summed E-state index contributed by atoms with van der Waals surface area (Å²) in [5.74, 6) is -0.748. The van der Waals surface area contributed by atoms with Crippen LogP contribution in [0.15, 0.2) is 6.07 Å². The Morgan fingerprint density at radius 1 is 1.29 bits per heavy atom. The van der Waals surface area contributed by atoms with Gasteiger partial charge in [-0.05, 0) is 56.7 Å². The number of carboxylic acids is 1. The van der Waals surface area contributed by atoms with Gasteiger partial charge in [0.2, 0.25) is 0 Å². The van der Waals surface area contributed by atoms with Crippen LogP contribution in [0.3, 0.4) is 0 Å². The van der Waals surface area contributed by atoms with E-state index in [0.29, 0.717) is 0 Å². The summed E-state index contributed by atoms with van der Waals surface area (Å²) in [4.78, 5) is 27.5. The number of aliphatic carboxylic acids is 1. The standard InChI is InChI=1S/C18H26N2O3S/c1-2-20(11-17(21)22)14-9-13(10-14)19-18(23)16-8-12-6-4-3-5-7-15(12)24-16/h8,13-14H,2-7,9-11H2,1H3,(H,19,23)(H,21,22). The third kappa shape index (κ3) is 3.98. The number of hydrogen-bond donors (Lipinski definition) is 2. The Kier molecular flexibility index (Phi) is 5.56. The molecule has 6 heteroatoms. The second-order valence-corrected chi connectivity index (χ2v) is 8.01. The molecule has 0 aliphatic heterocycles. The Balaban J connectivity index is 1.51. The molecule has 1 saturated carbocycles. The number of nitrogens with one attached hydrogen (secondary N) is 1. The fourth-order valence-corrected chi connectivity index (χ4v) is 4.87. The summed E-state index contributed by atoms with van der Waals surface area (Å²) >= 11 is 1.65. The molecule has 1 aromatic rings. The molecule has 2 N–H and O–H groups in total. The van der Waals surface area contributed by atoms with Crippen LogP contribution in [-0.2, 0) is 17.6 Å². The van der Waals surface area contributed by atoms with Gasteiger partial charge in [-0.2, -0.15) is 0 Å². The largest absolute Gasteiger partial charge is 0.480 e. The van der Waals surface area contributed by atoms with E-state index in [9.17, 15) is 9.59 Å². The first-order valence-corrected chi connectivity index (χ1v) is 9.76. The van der Waals surface area contributed by atoms with Crippen LogP contribution in [0.5, 0.6) is 0 Å². The molecule has 1 fully saturated rings. The molecule has 1 aromatic heterocycles. The number of carboxylic acid groups (broad SMARTS) is 1. The second kappa shape index (κ2) is 7.66. The topological polar surface area (TPSA) is 69.6 Å². The highest BCUT2D eigenvalue weighted by atomic mass is 32.1. The third-order valence-electron chi connectivity index (χ3n) is 5.18. The van der Waals surface area contributed by atoms with Gasteiger partial charge in [0.05, 0.1) is 11.4 Å². The van der Waals surface area contributed by atoms with Crippen molar-refractivity contribution in [3.05, 3.63) is 21.4 Å². The van der Waals surface area contributed by atoms with Gasteiger partial charge >= 0.3 is 5.97 Å². The van der Waals surface area contributed by atoms with Gasteiger partial charge in [-0.25, -0.2) is 0 Å². The van der Waals surface area contributed by atoms with E-state index in [1.807, 2.05) is 11.8 Å². The lowest BCUT2D eigenvalue weighted by Crippen LogP contribution is -2.54. The number of amides is 1. The number of rotatable bonds is 6. The number of thiophene rings is 1. The molecule has 24 heavy (non-hydrogen) atoms. The van der Waals surface area contributed by atoms with Crippen LogP contribution >= 0.6 is 11.3 Å². The summed E-state index contributed by atoms with van der Waals surface area (Å²) in [6.07, 6.45) is 7.65. The summed E-state index contributed by atoms with van der Waals surface area (Å²) in [7, 11) is 0. The molecule has 0 spiro atoms. The fraction of sp³-hybridized carbons (Fsp3) is 0.667. The highest BCUT2D eigenvalue weighted by Crippen LogP contribution is 2.30. The van der Waals surface area contributed by atoms with Crippen molar-refractivity contribution in [3.63, 3.8) is 0 Å². The number of carbonyl (C=O) groups is 2. The number of aryl methyl sites for hydroxylation is 2. The van der Waals surface area contributed by atoms with Crippen molar-refractivity contribution in [2.24, 2.45) is 0 Å². The summed E-state index contributed by atoms with van der Waals surface area (Å²) in [6, 6.07) is 2.53. The number of hydrogen-bond acceptors (Lipinski definition) is 4. The molecule has 0 bridgehead atoms. The van der Waals surface area contributed by atoms with E-state index in [1.54, 1.807) is 11.3 Å². The molecule has 0 unspecified atom stereocenters.